The van der Waals surface area contributed by atoms with Crippen LogP contribution in [0.2, 0.25) is 5.02 Å². The Morgan fingerprint density at radius 2 is 1.67 bits per heavy atom. The molecule has 6 nitrogen and oxygen atoms in total. The van der Waals surface area contributed by atoms with E-state index in [1.807, 2.05) is 0 Å². The number of fused-ring (bicyclic) bond motifs is 2. The van der Waals surface area contributed by atoms with Gasteiger partial charge in [0.05, 0.1) is 22.7 Å². The topological polar surface area (TPSA) is 91.3 Å². The van der Waals surface area contributed by atoms with Gasteiger partial charge in [-0.15, -0.1) is 0 Å². The Balaban J connectivity index is 1.52. The molecule has 0 fully saturated rings. The van der Waals surface area contributed by atoms with Crippen molar-refractivity contribution in [3.8, 4) is 11.1 Å². The number of nitrogens with one attached hydrogen (secondary N) is 2. The van der Waals surface area contributed by atoms with E-state index < -0.39 is 52.4 Å². The molecule has 0 saturated heterocycles. The maximum atomic E-state index is 14.3. The predicted molar refractivity (Wildman–Crippen MR) is 162 cm³/mol. The van der Waals surface area contributed by atoms with E-state index in [-0.39, 0.29) is 33.5 Å². The van der Waals surface area contributed by atoms with Crippen LogP contribution in [0.25, 0.3) is 22.0 Å². The number of alkyl halides is 3. The SMILES string of the molecule is CC(C)(O)c1cnc2ccc(-c3cc(NC(=O)c4cc(F)cc(C(F)(F)F)c4)c4c(c3)C(=O)NC4c3cc(F)ccc3Cl)cc2c1. The standard InChI is InChI=1S/C34H23ClF5N3O3/c1-33(2,46)21-8-18-7-16(3-6-27(18)41-15-21)17-11-25-29(30(43-32(25)45)24-14-22(36)4-5-26(24)35)28(12-17)42-31(44)19-9-20(34(38,39)40)13-23(37)10-19/h3-15,30,46H,1-2H3,(H,42,44)(H,43,45). The van der Waals surface area contributed by atoms with Gasteiger partial charge in [-0.25, -0.2) is 8.78 Å². The van der Waals surface area contributed by atoms with E-state index in [0.29, 0.717) is 39.7 Å². The highest BCUT2D eigenvalue weighted by atomic mass is 35.5. The molecule has 3 N–H and O–H groups in total. The minimum Gasteiger partial charge on any atom is -0.386 e. The van der Waals surface area contributed by atoms with E-state index in [1.165, 1.54) is 12.1 Å². The smallest absolute Gasteiger partial charge is 0.386 e. The predicted octanol–water partition coefficient (Wildman–Crippen LogP) is 8.16. The van der Waals surface area contributed by atoms with Gasteiger partial charge in [-0.05, 0) is 91.7 Å². The van der Waals surface area contributed by atoms with Crippen LogP contribution in [0.1, 0.15) is 62.9 Å². The average Bonchev–Trinajstić information content (AvgIpc) is 3.32. The second-order valence-electron chi connectivity index (χ2n) is 11.4. The summed E-state index contributed by atoms with van der Waals surface area (Å²) in [5.41, 5.74) is -0.486. The third-order valence-corrected chi connectivity index (χ3v) is 8.06. The molecular weight excluding hydrogens is 629 g/mol. The number of pyridine rings is 1. The second kappa shape index (κ2) is 11.2. The van der Waals surface area contributed by atoms with Crippen LogP contribution in [-0.4, -0.2) is 21.9 Å². The van der Waals surface area contributed by atoms with Crippen molar-refractivity contribution in [1.29, 1.82) is 0 Å². The molecule has 12 heteroatoms. The molecule has 1 unspecified atom stereocenters. The summed E-state index contributed by atoms with van der Waals surface area (Å²) in [7, 11) is 0. The van der Waals surface area contributed by atoms with Gasteiger partial charge in [-0.1, -0.05) is 17.7 Å². The molecule has 0 spiro atoms. The summed E-state index contributed by atoms with van der Waals surface area (Å²) < 4.78 is 68.7. The Kier molecular flexibility index (Phi) is 7.57. The van der Waals surface area contributed by atoms with Crippen molar-refractivity contribution in [2.75, 3.05) is 5.32 Å². The molecule has 234 valence electrons. The number of carbonyl (C=O) groups excluding carboxylic acids is 2. The van der Waals surface area contributed by atoms with Crippen molar-refractivity contribution >= 4 is 40.0 Å². The van der Waals surface area contributed by atoms with E-state index in [1.54, 1.807) is 50.4 Å². The Morgan fingerprint density at radius 3 is 2.39 bits per heavy atom. The fourth-order valence-corrected chi connectivity index (χ4v) is 5.62. The molecule has 46 heavy (non-hydrogen) atoms. The van der Waals surface area contributed by atoms with Crippen LogP contribution in [0.3, 0.4) is 0 Å². The molecule has 0 saturated carbocycles. The molecule has 4 aromatic carbocycles. The van der Waals surface area contributed by atoms with Gasteiger partial charge in [0.25, 0.3) is 11.8 Å². The summed E-state index contributed by atoms with van der Waals surface area (Å²) in [6.45, 7) is 3.23. The summed E-state index contributed by atoms with van der Waals surface area (Å²) in [6, 6.07) is 14.0. The monoisotopic (exact) mass is 651 g/mol. The van der Waals surface area contributed by atoms with Crippen LogP contribution in [-0.2, 0) is 11.8 Å². The zero-order chi connectivity index (χ0) is 33.1. The number of carbonyl (C=O) groups is 2. The zero-order valence-corrected chi connectivity index (χ0v) is 24.8. The van der Waals surface area contributed by atoms with Crippen LogP contribution in [0, 0.1) is 11.6 Å². The molecule has 1 aromatic heterocycles. The van der Waals surface area contributed by atoms with E-state index in [0.717, 1.165) is 12.1 Å². The number of hydrogen-bond acceptors (Lipinski definition) is 4. The van der Waals surface area contributed by atoms with Crippen molar-refractivity contribution in [2.24, 2.45) is 0 Å². The number of aromatic nitrogens is 1. The second-order valence-corrected chi connectivity index (χ2v) is 11.8. The lowest BCUT2D eigenvalue weighted by atomic mass is 9.92. The van der Waals surface area contributed by atoms with E-state index >= 15 is 0 Å². The lowest BCUT2D eigenvalue weighted by Crippen LogP contribution is -2.21. The van der Waals surface area contributed by atoms with E-state index in [4.69, 9.17) is 11.6 Å². The van der Waals surface area contributed by atoms with Crippen molar-refractivity contribution in [3.05, 3.63) is 129 Å². The Morgan fingerprint density at radius 1 is 0.913 bits per heavy atom. The molecule has 1 aliphatic rings. The summed E-state index contributed by atoms with van der Waals surface area (Å²) in [6.07, 6.45) is -3.35. The molecule has 0 radical (unpaired) electrons. The first kappa shape index (κ1) is 31.1. The number of benzene rings is 4. The fourth-order valence-electron chi connectivity index (χ4n) is 5.40. The summed E-state index contributed by atoms with van der Waals surface area (Å²) in [5, 5.41) is 16.5. The first-order valence-electron chi connectivity index (χ1n) is 13.8. The average molecular weight is 652 g/mol. The van der Waals surface area contributed by atoms with Crippen LogP contribution >= 0.6 is 11.6 Å². The third-order valence-electron chi connectivity index (χ3n) is 7.71. The van der Waals surface area contributed by atoms with Gasteiger partial charge in [0.2, 0.25) is 0 Å². The summed E-state index contributed by atoms with van der Waals surface area (Å²) >= 11 is 6.37. The number of aliphatic hydroxyl groups is 1. The molecule has 0 aliphatic carbocycles. The highest BCUT2D eigenvalue weighted by molar-refractivity contribution is 6.31. The maximum Gasteiger partial charge on any atom is 0.416 e. The van der Waals surface area contributed by atoms with Crippen LogP contribution in [0.5, 0.6) is 0 Å². The number of halogens is 6. The molecule has 6 rings (SSSR count). The Bertz CT molecular complexity index is 2070. The highest BCUT2D eigenvalue weighted by Crippen LogP contribution is 2.42. The summed E-state index contributed by atoms with van der Waals surface area (Å²) in [4.78, 5) is 31.1. The van der Waals surface area contributed by atoms with Crippen molar-refractivity contribution < 1.29 is 36.6 Å². The first-order valence-corrected chi connectivity index (χ1v) is 14.2. The minimum absolute atomic E-state index is 0.00228. The largest absolute Gasteiger partial charge is 0.416 e. The van der Waals surface area contributed by atoms with Gasteiger partial charge in [-0.2, -0.15) is 13.2 Å². The summed E-state index contributed by atoms with van der Waals surface area (Å²) in [5.74, 6) is -3.56. The van der Waals surface area contributed by atoms with Gasteiger partial charge in [0, 0.05) is 50.1 Å². The molecule has 2 heterocycles. The van der Waals surface area contributed by atoms with Gasteiger partial charge in [0.1, 0.15) is 11.6 Å². The number of amides is 2. The normalized spacial score (nSPS) is 14.7. The molecule has 1 aliphatic heterocycles. The fraction of sp³-hybridized carbons (Fsp3) is 0.147. The van der Waals surface area contributed by atoms with Crippen molar-refractivity contribution in [1.82, 2.24) is 10.3 Å². The molecule has 1 atom stereocenters. The van der Waals surface area contributed by atoms with Gasteiger partial charge < -0.3 is 15.7 Å². The molecule has 0 bridgehead atoms. The Hall–Kier alpha value is -4.87. The zero-order valence-electron chi connectivity index (χ0n) is 24.1. The maximum absolute atomic E-state index is 14.3. The molecular formula is C34H23ClF5N3O3. The first-order chi connectivity index (χ1) is 21.6. The van der Waals surface area contributed by atoms with E-state index in [2.05, 4.69) is 15.6 Å². The minimum atomic E-state index is -4.91. The highest BCUT2D eigenvalue weighted by Gasteiger charge is 2.36. The third kappa shape index (κ3) is 5.91. The number of rotatable bonds is 5. The lowest BCUT2D eigenvalue weighted by Gasteiger charge is -2.19. The van der Waals surface area contributed by atoms with Gasteiger partial charge >= 0.3 is 6.18 Å². The number of anilines is 1. The molecule has 2 amide bonds. The van der Waals surface area contributed by atoms with Gasteiger partial charge in [-0.3, -0.25) is 14.6 Å². The van der Waals surface area contributed by atoms with Crippen LogP contribution in [0.4, 0.5) is 27.6 Å². The van der Waals surface area contributed by atoms with Crippen molar-refractivity contribution in [3.63, 3.8) is 0 Å². The number of nitrogens with zero attached hydrogens (tertiary/aromatic N) is 1. The van der Waals surface area contributed by atoms with Gasteiger partial charge in [0.15, 0.2) is 0 Å². The van der Waals surface area contributed by atoms with Crippen LogP contribution in [0.15, 0.2) is 79.0 Å². The quantitative estimate of drug-likeness (QED) is 0.167. The van der Waals surface area contributed by atoms with Crippen molar-refractivity contribution in [2.45, 2.75) is 31.7 Å². The number of hydrogen-bond donors (Lipinski definition) is 3. The van der Waals surface area contributed by atoms with Crippen LogP contribution < -0.4 is 10.6 Å². The van der Waals surface area contributed by atoms with E-state index in [9.17, 15) is 36.6 Å². The molecule has 5 aromatic rings. The lowest BCUT2D eigenvalue weighted by molar-refractivity contribution is -0.137. The Labute approximate surface area is 263 Å².